The molecule has 0 amide bonds. The number of nitrogens with one attached hydrogen (secondary N) is 1. The van der Waals surface area contributed by atoms with Gasteiger partial charge in [0.1, 0.15) is 0 Å². The highest BCUT2D eigenvalue weighted by Gasteiger charge is 2.32. The Hall–Kier alpha value is -0.650. The van der Waals surface area contributed by atoms with Gasteiger partial charge in [-0.15, -0.1) is 0 Å². The lowest BCUT2D eigenvalue weighted by Gasteiger charge is -2.28. The van der Waals surface area contributed by atoms with Crippen molar-refractivity contribution < 1.29 is 9.90 Å². The minimum atomic E-state index is -0.696. The number of hydrogen-bond donors (Lipinski definition) is 2. The van der Waals surface area contributed by atoms with Gasteiger partial charge in [0.25, 0.3) is 0 Å². The summed E-state index contributed by atoms with van der Waals surface area (Å²) in [5.74, 6) is -0.961. The van der Waals surface area contributed by atoms with Crippen molar-refractivity contribution in [1.29, 1.82) is 0 Å². The van der Waals surface area contributed by atoms with E-state index >= 15 is 0 Å². The van der Waals surface area contributed by atoms with Crippen LogP contribution in [-0.2, 0) is 4.79 Å². The highest BCUT2D eigenvalue weighted by Crippen LogP contribution is 2.15. The van der Waals surface area contributed by atoms with E-state index < -0.39 is 5.97 Å². The molecule has 0 spiro atoms. The minimum Gasteiger partial charge on any atom is -0.481 e. The van der Waals surface area contributed by atoms with Gasteiger partial charge in [-0.3, -0.25) is 14.6 Å². The summed E-state index contributed by atoms with van der Waals surface area (Å²) in [5, 5.41) is 12.2. The van der Waals surface area contributed by atoms with Crippen LogP contribution in [0.2, 0.25) is 0 Å². The molecule has 0 aromatic carbocycles. The molecule has 86 valence electrons. The first-order valence-electron chi connectivity index (χ1n) is 5.56. The van der Waals surface area contributed by atoms with E-state index in [9.17, 15) is 4.79 Å². The maximum absolute atomic E-state index is 10.7. The van der Waals surface area contributed by atoms with Crippen LogP contribution in [0.1, 0.15) is 6.92 Å². The Morgan fingerprint density at radius 3 is 3.13 bits per heavy atom. The molecule has 2 heterocycles. The van der Waals surface area contributed by atoms with Gasteiger partial charge in [0, 0.05) is 38.8 Å². The molecule has 2 N–H and O–H groups in total. The number of nitrogens with zero attached hydrogens (tertiary/aromatic N) is 2. The molecule has 0 saturated carbocycles. The SMILES string of the molecule is CC(CN1C[C@@H]2CNCCN2C1)C(=O)O. The van der Waals surface area contributed by atoms with Gasteiger partial charge < -0.3 is 10.4 Å². The molecule has 0 aromatic rings. The van der Waals surface area contributed by atoms with Gasteiger partial charge in [0.2, 0.25) is 0 Å². The average molecular weight is 213 g/mol. The van der Waals surface area contributed by atoms with Crippen LogP contribution in [0.5, 0.6) is 0 Å². The monoisotopic (exact) mass is 213 g/mol. The second kappa shape index (κ2) is 4.47. The van der Waals surface area contributed by atoms with E-state index in [4.69, 9.17) is 5.11 Å². The van der Waals surface area contributed by atoms with E-state index in [1.165, 1.54) is 0 Å². The molecule has 2 saturated heterocycles. The standard InChI is InChI=1S/C10H19N3O2/c1-8(10(14)15)5-12-6-9-4-11-2-3-13(9)7-12/h8-9,11H,2-7H2,1H3,(H,14,15)/t8?,9-/m0/s1. The maximum atomic E-state index is 10.7. The molecule has 15 heavy (non-hydrogen) atoms. The first-order valence-corrected chi connectivity index (χ1v) is 5.56. The Morgan fingerprint density at radius 1 is 1.67 bits per heavy atom. The predicted molar refractivity (Wildman–Crippen MR) is 56.6 cm³/mol. The molecular weight excluding hydrogens is 194 g/mol. The summed E-state index contributed by atoms with van der Waals surface area (Å²) >= 11 is 0. The van der Waals surface area contributed by atoms with Crippen LogP contribution in [0.4, 0.5) is 0 Å². The largest absolute Gasteiger partial charge is 0.481 e. The van der Waals surface area contributed by atoms with Crippen molar-refractivity contribution in [3.05, 3.63) is 0 Å². The number of fused-ring (bicyclic) bond motifs is 1. The van der Waals surface area contributed by atoms with Crippen LogP contribution in [0.3, 0.4) is 0 Å². The molecule has 5 heteroatoms. The number of rotatable bonds is 3. The topological polar surface area (TPSA) is 55.8 Å². The first kappa shape index (κ1) is 10.9. The van der Waals surface area contributed by atoms with Crippen molar-refractivity contribution in [2.75, 3.05) is 39.4 Å². The molecule has 5 nitrogen and oxygen atoms in total. The molecule has 2 atom stereocenters. The van der Waals surface area contributed by atoms with Crippen LogP contribution in [0.15, 0.2) is 0 Å². The fourth-order valence-electron chi connectivity index (χ4n) is 2.38. The molecule has 0 aromatic heterocycles. The lowest BCUT2D eigenvalue weighted by molar-refractivity contribution is -0.141. The smallest absolute Gasteiger partial charge is 0.307 e. The average Bonchev–Trinajstić information content (AvgIpc) is 2.59. The first-order chi connectivity index (χ1) is 7.16. The summed E-state index contributed by atoms with van der Waals surface area (Å²) in [6.07, 6.45) is 0. The highest BCUT2D eigenvalue weighted by atomic mass is 16.4. The van der Waals surface area contributed by atoms with Crippen molar-refractivity contribution in [3.63, 3.8) is 0 Å². The third-order valence-corrected chi connectivity index (χ3v) is 3.28. The number of piperazine rings is 1. The molecule has 0 aliphatic carbocycles. The van der Waals surface area contributed by atoms with Gasteiger partial charge >= 0.3 is 5.97 Å². The number of aliphatic carboxylic acids is 1. The van der Waals surface area contributed by atoms with Crippen LogP contribution in [0, 0.1) is 5.92 Å². The molecule has 0 radical (unpaired) electrons. The lowest BCUT2D eigenvalue weighted by Crippen LogP contribution is -2.48. The molecular formula is C10H19N3O2. The number of carbonyl (C=O) groups is 1. The van der Waals surface area contributed by atoms with Crippen molar-refractivity contribution in [2.45, 2.75) is 13.0 Å². The normalized spacial score (nSPS) is 30.1. The van der Waals surface area contributed by atoms with E-state index in [1.807, 2.05) is 0 Å². The lowest BCUT2D eigenvalue weighted by atomic mass is 10.1. The summed E-state index contributed by atoms with van der Waals surface area (Å²) in [6, 6.07) is 0.583. The zero-order valence-electron chi connectivity index (χ0n) is 9.15. The highest BCUT2D eigenvalue weighted by molar-refractivity contribution is 5.69. The van der Waals surface area contributed by atoms with E-state index in [2.05, 4.69) is 15.1 Å². The zero-order chi connectivity index (χ0) is 10.8. The van der Waals surface area contributed by atoms with E-state index in [-0.39, 0.29) is 5.92 Å². The van der Waals surface area contributed by atoms with Gasteiger partial charge in [-0.2, -0.15) is 0 Å². The summed E-state index contributed by atoms with van der Waals surface area (Å²) in [6.45, 7) is 7.56. The second-order valence-corrected chi connectivity index (χ2v) is 4.59. The number of carboxylic acids is 1. The Balaban J connectivity index is 1.83. The Labute approximate surface area is 90.0 Å². The third kappa shape index (κ3) is 2.48. The van der Waals surface area contributed by atoms with Crippen molar-refractivity contribution >= 4 is 5.97 Å². The van der Waals surface area contributed by atoms with Crippen molar-refractivity contribution in [3.8, 4) is 0 Å². The van der Waals surface area contributed by atoms with E-state index in [0.717, 1.165) is 32.8 Å². The van der Waals surface area contributed by atoms with Gasteiger partial charge in [-0.05, 0) is 0 Å². The third-order valence-electron chi connectivity index (χ3n) is 3.28. The molecule has 1 unspecified atom stereocenters. The van der Waals surface area contributed by atoms with E-state index in [1.54, 1.807) is 6.92 Å². The minimum absolute atomic E-state index is 0.265. The van der Waals surface area contributed by atoms with Gasteiger partial charge in [0.15, 0.2) is 0 Å². The van der Waals surface area contributed by atoms with Crippen LogP contribution >= 0.6 is 0 Å². The summed E-state index contributed by atoms with van der Waals surface area (Å²) < 4.78 is 0. The Bertz CT molecular complexity index is 233. The summed E-state index contributed by atoms with van der Waals surface area (Å²) in [4.78, 5) is 15.4. The van der Waals surface area contributed by atoms with Gasteiger partial charge in [-0.25, -0.2) is 0 Å². The Kier molecular flexibility index (Phi) is 3.23. The van der Waals surface area contributed by atoms with Crippen LogP contribution < -0.4 is 5.32 Å². The molecule has 2 aliphatic heterocycles. The summed E-state index contributed by atoms with van der Waals surface area (Å²) in [5.41, 5.74) is 0. The quantitative estimate of drug-likeness (QED) is 0.646. The molecule has 2 rings (SSSR count). The fraction of sp³-hybridized carbons (Fsp3) is 0.900. The van der Waals surface area contributed by atoms with Gasteiger partial charge in [0.05, 0.1) is 12.6 Å². The zero-order valence-corrected chi connectivity index (χ0v) is 9.15. The Morgan fingerprint density at radius 2 is 2.47 bits per heavy atom. The van der Waals surface area contributed by atoms with Crippen molar-refractivity contribution in [2.24, 2.45) is 5.92 Å². The fourth-order valence-corrected chi connectivity index (χ4v) is 2.38. The maximum Gasteiger partial charge on any atom is 0.307 e. The van der Waals surface area contributed by atoms with Crippen LogP contribution in [0.25, 0.3) is 0 Å². The summed E-state index contributed by atoms with van der Waals surface area (Å²) in [7, 11) is 0. The molecule has 0 bridgehead atoms. The number of hydrogen-bond acceptors (Lipinski definition) is 4. The molecule has 2 aliphatic rings. The predicted octanol–water partition coefficient (Wildman–Crippen LogP) is -0.746. The molecule has 2 fully saturated rings. The van der Waals surface area contributed by atoms with E-state index in [0.29, 0.717) is 12.6 Å². The van der Waals surface area contributed by atoms with Crippen molar-refractivity contribution in [1.82, 2.24) is 15.1 Å². The van der Waals surface area contributed by atoms with Crippen LogP contribution in [-0.4, -0.2) is 66.3 Å². The second-order valence-electron chi connectivity index (χ2n) is 4.59. The van der Waals surface area contributed by atoms with Gasteiger partial charge in [-0.1, -0.05) is 6.92 Å². The number of carboxylic acid groups (broad SMARTS) is 1.